The van der Waals surface area contributed by atoms with Gasteiger partial charge in [0.25, 0.3) is 0 Å². The van der Waals surface area contributed by atoms with Crippen LogP contribution in [0.5, 0.6) is 0 Å². The van der Waals surface area contributed by atoms with E-state index in [0.717, 1.165) is 0 Å². The average Bonchev–Trinajstić information content (AvgIpc) is 2.17. The molecule has 5 heteroatoms. The molecule has 0 saturated heterocycles. The molecule has 5 nitrogen and oxygen atoms in total. The van der Waals surface area contributed by atoms with Gasteiger partial charge >= 0.3 is 5.97 Å². The fraction of sp³-hybridized carbons (Fsp3) is 0.636. The van der Waals surface area contributed by atoms with Crippen LogP contribution >= 0.6 is 0 Å². The Kier molecular flexibility index (Phi) is 6.41. The van der Waals surface area contributed by atoms with E-state index in [0.29, 0.717) is 6.42 Å². The number of amides is 1. The number of carbonyl (C=O) groups is 2. The number of aliphatic carboxylic acids is 1. The molecule has 0 saturated carbocycles. The summed E-state index contributed by atoms with van der Waals surface area (Å²) in [4.78, 5) is 23.8. The molecule has 0 aliphatic rings. The van der Waals surface area contributed by atoms with Crippen LogP contribution in [0, 0.1) is 0 Å². The maximum atomic E-state index is 11.8. The van der Waals surface area contributed by atoms with E-state index in [2.05, 4.69) is 6.58 Å². The largest absolute Gasteiger partial charge is 0.481 e. The Labute approximate surface area is 95.9 Å². The van der Waals surface area contributed by atoms with E-state index in [4.69, 9.17) is 10.8 Å². The molecular formula is C11H20N2O3. The first-order valence-corrected chi connectivity index (χ1v) is 5.28. The molecule has 1 atom stereocenters. The number of rotatable bonds is 7. The molecule has 0 aromatic heterocycles. The van der Waals surface area contributed by atoms with Crippen molar-refractivity contribution < 1.29 is 14.7 Å². The first kappa shape index (κ1) is 14.6. The molecule has 0 rings (SSSR count). The van der Waals surface area contributed by atoms with Gasteiger partial charge in [-0.2, -0.15) is 0 Å². The lowest BCUT2D eigenvalue weighted by molar-refractivity contribution is -0.139. The van der Waals surface area contributed by atoms with Gasteiger partial charge in [0, 0.05) is 12.6 Å². The molecule has 0 aliphatic heterocycles. The molecule has 16 heavy (non-hydrogen) atoms. The van der Waals surface area contributed by atoms with Crippen molar-refractivity contribution in [3.63, 3.8) is 0 Å². The van der Waals surface area contributed by atoms with Crippen LogP contribution < -0.4 is 5.73 Å². The van der Waals surface area contributed by atoms with E-state index in [9.17, 15) is 9.59 Å². The Hall–Kier alpha value is -1.36. The molecule has 0 heterocycles. The highest BCUT2D eigenvalue weighted by Gasteiger charge is 2.22. The molecule has 0 spiro atoms. The van der Waals surface area contributed by atoms with E-state index in [-0.39, 0.29) is 24.9 Å². The van der Waals surface area contributed by atoms with Crippen molar-refractivity contribution in [3.05, 3.63) is 12.7 Å². The first-order chi connectivity index (χ1) is 7.40. The predicted molar refractivity (Wildman–Crippen MR) is 61.9 cm³/mol. The van der Waals surface area contributed by atoms with E-state index in [1.165, 1.54) is 4.90 Å². The van der Waals surface area contributed by atoms with Gasteiger partial charge in [0.2, 0.25) is 5.91 Å². The summed E-state index contributed by atoms with van der Waals surface area (Å²) >= 11 is 0. The van der Waals surface area contributed by atoms with Crippen LogP contribution in [0.3, 0.4) is 0 Å². The Bertz CT molecular complexity index is 264. The fourth-order valence-electron chi connectivity index (χ4n) is 1.33. The molecule has 1 unspecified atom stereocenters. The smallest absolute Gasteiger partial charge is 0.305 e. The Morgan fingerprint density at radius 2 is 2.06 bits per heavy atom. The number of hydrogen-bond acceptors (Lipinski definition) is 3. The number of carboxylic acids is 1. The lowest BCUT2D eigenvalue weighted by Gasteiger charge is -2.28. The maximum Gasteiger partial charge on any atom is 0.305 e. The van der Waals surface area contributed by atoms with Crippen molar-refractivity contribution in [2.24, 2.45) is 5.73 Å². The molecule has 0 aromatic carbocycles. The van der Waals surface area contributed by atoms with Crippen LogP contribution in [0.1, 0.15) is 26.7 Å². The second-order valence-electron chi connectivity index (χ2n) is 3.90. The lowest BCUT2D eigenvalue weighted by atomic mass is 10.1. The van der Waals surface area contributed by atoms with Crippen LogP contribution in [0.25, 0.3) is 0 Å². The molecular weight excluding hydrogens is 208 g/mol. The van der Waals surface area contributed by atoms with E-state index >= 15 is 0 Å². The zero-order chi connectivity index (χ0) is 12.7. The summed E-state index contributed by atoms with van der Waals surface area (Å²) in [6.45, 7) is 7.38. The normalized spacial score (nSPS) is 12.2. The van der Waals surface area contributed by atoms with Crippen LogP contribution in [0.15, 0.2) is 12.7 Å². The van der Waals surface area contributed by atoms with E-state index < -0.39 is 12.0 Å². The third-order valence-electron chi connectivity index (χ3n) is 2.21. The highest BCUT2D eigenvalue weighted by atomic mass is 16.4. The minimum absolute atomic E-state index is 0.0530. The van der Waals surface area contributed by atoms with Crippen molar-refractivity contribution in [2.45, 2.75) is 38.8 Å². The zero-order valence-electron chi connectivity index (χ0n) is 9.85. The summed E-state index contributed by atoms with van der Waals surface area (Å²) in [6.07, 6.45) is 1.91. The van der Waals surface area contributed by atoms with Gasteiger partial charge in [0.15, 0.2) is 0 Å². The maximum absolute atomic E-state index is 11.8. The minimum Gasteiger partial charge on any atom is -0.481 e. The Morgan fingerprint density at radius 3 is 2.44 bits per heavy atom. The summed E-state index contributed by atoms with van der Waals surface area (Å²) in [5.41, 5.74) is 5.66. The van der Waals surface area contributed by atoms with Gasteiger partial charge in [-0.3, -0.25) is 9.59 Å². The SMILES string of the molecule is C=CCC(N)C(=O)N(CCC(=O)O)C(C)C. The molecule has 0 aliphatic carbocycles. The molecule has 0 fully saturated rings. The third-order valence-corrected chi connectivity index (χ3v) is 2.21. The highest BCUT2D eigenvalue weighted by Crippen LogP contribution is 2.05. The summed E-state index contributed by atoms with van der Waals surface area (Å²) in [7, 11) is 0. The fourth-order valence-corrected chi connectivity index (χ4v) is 1.33. The minimum atomic E-state index is -0.921. The molecule has 0 radical (unpaired) electrons. The zero-order valence-corrected chi connectivity index (χ0v) is 9.85. The van der Waals surface area contributed by atoms with Gasteiger partial charge in [0.05, 0.1) is 12.5 Å². The topological polar surface area (TPSA) is 83.6 Å². The van der Waals surface area contributed by atoms with Crippen molar-refractivity contribution >= 4 is 11.9 Å². The second kappa shape index (κ2) is 7.00. The van der Waals surface area contributed by atoms with Crippen LogP contribution in [-0.2, 0) is 9.59 Å². The van der Waals surface area contributed by atoms with Crippen LogP contribution in [-0.4, -0.2) is 40.5 Å². The standard InChI is InChI=1S/C11H20N2O3/c1-4-5-9(12)11(16)13(8(2)3)7-6-10(14)15/h4,8-9H,1,5-7,12H2,2-3H3,(H,14,15). The van der Waals surface area contributed by atoms with Crippen molar-refractivity contribution in [2.75, 3.05) is 6.54 Å². The Morgan fingerprint density at radius 1 is 1.50 bits per heavy atom. The summed E-state index contributed by atoms with van der Waals surface area (Å²) in [5, 5.41) is 8.58. The number of carboxylic acid groups (broad SMARTS) is 1. The summed E-state index contributed by atoms with van der Waals surface area (Å²) in [5.74, 6) is -1.15. The summed E-state index contributed by atoms with van der Waals surface area (Å²) in [6, 6.07) is -0.684. The third kappa shape index (κ3) is 4.93. The van der Waals surface area contributed by atoms with Crippen LogP contribution in [0.4, 0.5) is 0 Å². The molecule has 1 amide bonds. The van der Waals surface area contributed by atoms with Gasteiger partial charge in [0.1, 0.15) is 0 Å². The number of hydrogen-bond donors (Lipinski definition) is 2. The van der Waals surface area contributed by atoms with E-state index in [1.54, 1.807) is 6.08 Å². The lowest BCUT2D eigenvalue weighted by Crippen LogP contribution is -2.47. The van der Waals surface area contributed by atoms with E-state index in [1.807, 2.05) is 13.8 Å². The molecule has 0 aromatic rings. The number of carbonyl (C=O) groups excluding carboxylic acids is 1. The quantitative estimate of drug-likeness (QED) is 0.625. The monoisotopic (exact) mass is 228 g/mol. The second-order valence-corrected chi connectivity index (χ2v) is 3.90. The molecule has 3 N–H and O–H groups in total. The van der Waals surface area contributed by atoms with Gasteiger partial charge in [-0.1, -0.05) is 6.08 Å². The van der Waals surface area contributed by atoms with Crippen molar-refractivity contribution in [1.82, 2.24) is 4.90 Å². The van der Waals surface area contributed by atoms with Gasteiger partial charge in [-0.15, -0.1) is 6.58 Å². The molecule has 92 valence electrons. The van der Waals surface area contributed by atoms with Crippen molar-refractivity contribution in [3.8, 4) is 0 Å². The number of nitrogens with two attached hydrogens (primary N) is 1. The van der Waals surface area contributed by atoms with Gasteiger partial charge in [-0.05, 0) is 20.3 Å². The molecule has 0 bridgehead atoms. The number of nitrogens with zero attached hydrogens (tertiary/aromatic N) is 1. The Balaban J connectivity index is 4.45. The van der Waals surface area contributed by atoms with Crippen LogP contribution in [0.2, 0.25) is 0 Å². The first-order valence-electron chi connectivity index (χ1n) is 5.28. The average molecular weight is 228 g/mol. The highest BCUT2D eigenvalue weighted by molar-refractivity contribution is 5.82. The van der Waals surface area contributed by atoms with Gasteiger partial charge in [-0.25, -0.2) is 0 Å². The van der Waals surface area contributed by atoms with Gasteiger partial charge < -0.3 is 15.7 Å². The van der Waals surface area contributed by atoms with Crippen molar-refractivity contribution in [1.29, 1.82) is 0 Å². The predicted octanol–water partition coefficient (Wildman–Crippen LogP) is 0.602. The summed E-state index contributed by atoms with van der Waals surface area (Å²) < 4.78 is 0.